The van der Waals surface area contributed by atoms with Gasteiger partial charge in [-0.15, -0.1) is 0 Å². The predicted molar refractivity (Wildman–Crippen MR) is 76.5 cm³/mol. The third kappa shape index (κ3) is 2.91. The lowest BCUT2D eigenvalue weighted by molar-refractivity contribution is -0.126. The van der Waals surface area contributed by atoms with Gasteiger partial charge in [0.25, 0.3) is 0 Å². The van der Waals surface area contributed by atoms with Gasteiger partial charge in [-0.1, -0.05) is 25.1 Å². The van der Waals surface area contributed by atoms with Gasteiger partial charge in [0.1, 0.15) is 0 Å². The molecule has 1 aromatic rings. The van der Waals surface area contributed by atoms with Crippen molar-refractivity contribution in [2.75, 3.05) is 5.32 Å². The van der Waals surface area contributed by atoms with Crippen molar-refractivity contribution in [1.82, 2.24) is 0 Å². The molecule has 3 heteroatoms. The highest BCUT2D eigenvalue weighted by Gasteiger charge is 2.40. The van der Waals surface area contributed by atoms with Crippen LogP contribution >= 0.6 is 0 Å². The molecular formula is C15H24N2O. The van der Waals surface area contributed by atoms with E-state index in [2.05, 4.69) is 12.2 Å². The molecule has 0 aliphatic heterocycles. The van der Waals surface area contributed by atoms with E-state index in [9.17, 15) is 4.79 Å². The second-order valence-corrected chi connectivity index (χ2v) is 5.81. The van der Waals surface area contributed by atoms with Gasteiger partial charge in [0.05, 0.1) is 5.41 Å². The molecular weight excluding hydrogens is 224 g/mol. The molecule has 0 aliphatic carbocycles. The van der Waals surface area contributed by atoms with Crippen LogP contribution in [-0.2, 0) is 11.2 Å². The first-order chi connectivity index (χ1) is 8.20. The fourth-order valence-electron chi connectivity index (χ4n) is 1.52. The van der Waals surface area contributed by atoms with Crippen LogP contribution in [0.2, 0.25) is 0 Å². The van der Waals surface area contributed by atoms with Crippen molar-refractivity contribution in [2.24, 2.45) is 11.1 Å². The number of hydrogen-bond donors (Lipinski definition) is 2. The minimum Gasteiger partial charge on any atom is -0.325 e. The molecule has 1 amide bonds. The molecule has 0 spiro atoms. The third-order valence-corrected chi connectivity index (χ3v) is 3.82. The van der Waals surface area contributed by atoms with Crippen LogP contribution in [0, 0.1) is 5.41 Å². The van der Waals surface area contributed by atoms with Crippen molar-refractivity contribution < 1.29 is 4.79 Å². The Morgan fingerprint density at radius 2 is 1.78 bits per heavy atom. The molecule has 0 bridgehead atoms. The Labute approximate surface area is 110 Å². The molecule has 0 heterocycles. The van der Waals surface area contributed by atoms with E-state index >= 15 is 0 Å². The molecule has 1 aromatic carbocycles. The van der Waals surface area contributed by atoms with Crippen molar-refractivity contribution in [2.45, 2.75) is 46.6 Å². The summed E-state index contributed by atoms with van der Waals surface area (Å²) < 4.78 is 0. The first kappa shape index (κ1) is 14.7. The van der Waals surface area contributed by atoms with Gasteiger partial charge in [-0.3, -0.25) is 4.79 Å². The lowest BCUT2D eigenvalue weighted by Crippen LogP contribution is -2.53. The fourth-order valence-corrected chi connectivity index (χ4v) is 1.52. The first-order valence-electron chi connectivity index (χ1n) is 6.38. The van der Waals surface area contributed by atoms with Crippen molar-refractivity contribution in [1.29, 1.82) is 0 Å². The fraction of sp³-hybridized carbons (Fsp3) is 0.533. The van der Waals surface area contributed by atoms with Crippen LogP contribution in [-0.4, -0.2) is 11.4 Å². The summed E-state index contributed by atoms with van der Waals surface area (Å²) in [5.74, 6) is -0.0455. The molecule has 0 unspecified atom stereocenters. The Balaban J connectivity index is 2.95. The Hall–Kier alpha value is -1.35. The first-order valence-corrected chi connectivity index (χ1v) is 6.38. The van der Waals surface area contributed by atoms with Crippen LogP contribution in [0.1, 0.15) is 40.2 Å². The van der Waals surface area contributed by atoms with Gasteiger partial charge < -0.3 is 11.1 Å². The standard InChI is InChI=1S/C15H24N2O/c1-6-11-9-7-8-10-12(11)17-13(18)14(2,3)15(4,5)16/h7-10H,6,16H2,1-5H3,(H,17,18). The van der Waals surface area contributed by atoms with Crippen molar-refractivity contribution in [3.8, 4) is 0 Å². The lowest BCUT2D eigenvalue weighted by Gasteiger charge is -2.37. The quantitative estimate of drug-likeness (QED) is 0.860. The zero-order valence-corrected chi connectivity index (χ0v) is 12.0. The zero-order valence-electron chi connectivity index (χ0n) is 12.0. The Bertz CT molecular complexity index is 430. The molecule has 3 N–H and O–H groups in total. The maximum absolute atomic E-state index is 12.4. The minimum atomic E-state index is -0.631. The van der Waals surface area contributed by atoms with E-state index in [0.717, 1.165) is 17.7 Å². The number of hydrogen-bond acceptors (Lipinski definition) is 2. The summed E-state index contributed by atoms with van der Waals surface area (Å²) >= 11 is 0. The highest BCUT2D eigenvalue weighted by Crippen LogP contribution is 2.30. The van der Waals surface area contributed by atoms with Crippen LogP contribution in [0.4, 0.5) is 5.69 Å². The van der Waals surface area contributed by atoms with Gasteiger partial charge in [0.2, 0.25) is 5.91 Å². The minimum absolute atomic E-state index is 0.0455. The number of anilines is 1. The molecule has 1 rings (SSSR count). The lowest BCUT2D eigenvalue weighted by atomic mass is 9.74. The maximum atomic E-state index is 12.4. The van der Waals surface area contributed by atoms with Gasteiger partial charge in [-0.05, 0) is 45.7 Å². The average Bonchev–Trinajstić information content (AvgIpc) is 2.28. The van der Waals surface area contributed by atoms with Crippen LogP contribution in [0.3, 0.4) is 0 Å². The third-order valence-electron chi connectivity index (χ3n) is 3.82. The summed E-state index contributed by atoms with van der Waals surface area (Å²) in [5, 5.41) is 2.99. The molecule has 100 valence electrons. The van der Waals surface area contributed by atoms with E-state index in [-0.39, 0.29) is 5.91 Å². The topological polar surface area (TPSA) is 55.1 Å². The van der Waals surface area contributed by atoms with Crippen molar-refractivity contribution in [3.05, 3.63) is 29.8 Å². The Kier molecular flexibility index (Phi) is 4.17. The monoisotopic (exact) mass is 248 g/mol. The normalized spacial score (nSPS) is 12.3. The van der Waals surface area contributed by atoms with Gasteiger partial charge in [0.15, 0.2) is 0 Å². The molecule has 18 heavy (non-hydrogen) atoms. The number of benzene rings is 1. The van der Waals surface area contributed by atoms with Gasteiger partial charge >= 0.3 is 0 Å². The molecule has 0 aliphatic rings. The number of aryl methyl sites for hydroxylation is 1. The number of carbonyl (C=O) groups excluding carboxylic acids is 1. The summed E-state index contributed by atoms with van der Waals surface area (Å²) in [4.78, 5) is 12.4. The number of nitrogens with one attached hydrogen (secondary N) is 1. The molecule has 0 aromatic heterocycles. The van der Waals surface area contributed by atoms with E-state index in [1.54, 1.807) is 0 Å². The average molecular weight is 248 g/mol. The Morgan fingerprint density at radius 3 is 2.28 bits per heavy atom. The van der Waals surface area contributed by atoms with Crippen LogP contribution < -0.4 is 11.1 Å². The van der Waals surface area contributed by atoms with E-state index < -0.39 is 11.0 Å². The second kappa shape index (κ2) is 5.11. The highest BCUT2D eigenvalue weighted by molar-refractivity contribution is 5.96. The van der Waals surface area contributed by atoms with E-state index in [4.69, 9.17) is 5.73 Å². The van der Waals surface area contributed by atoms with E-state index in [1.807, 2.05) is 52.0 Å². The largest absolute Gasteiger partial charge is 0.325 e. The summed E-state index contributed by atoms with van der Waals surface area (Å²) in [5.41, 5.74) is 6.89. The zero-order chi connectivity index (χ0) is 14.0. The number of para-hydroxylation sites is 1. The smallest absolute Gasteiger partial charge is 0.231 e. The van der Waals surface area contributed by atoms with Crippen molar-refractivity contribution in [3.63, 3.8) is 0 Å². The van der Waals surface area contributed by atoms with Gasteiger partial charge in [-0.2, -0.15) is 0 Å². The number of carbonyl (C=O) groups is 1. The Morgan fingerprint density at radius 1 is 1.22 bits per heavy atom. The molecule has 0 saturated heterocycles. The predicted octanol–water partition coefficient (Wildman–Crippen LogP) is 2.95. The summed E-state index contributed by atoms with van der Waals surface area (Å²) in [7, 11) is 0. The van der Waals surface area contributed by atoms with E-state index in [0.29, 0.717) is 0 Å². The SMILES string of the molecule is CCc1ccccc1NC(=O)C(C)(C)C(C)(C)N. The molecule has 0 atom stereocenters. The number of amides is 1. The molecule has 0 saturated carbocycles. The maximum Gasteiger partial charge on any atom is 0.231 e. The van der Waals surface area contributed by atoms with E-state index in [1.165, 1.54) is 0 Å². The second-order valence-electron chi connectivity index (χ2n) is 5.81. The molecule has 0 radical (unpaired) electrons. The van der Waals surface area contributed by atoms with Gasteiger partial charge in [0, 0.05) is 11.2 Å². The summed E-state index contributed by atoms with van der Waals surface area (Å²) in [6.45, 7) is 9.56. The van der Waals surface area contributed by atoms with Gasteiger partial charge in [-0.25, -0.2) is 0 Å². The van der Waals surface area contributed by atoms with Crippen LogP contribution in [0.5, 0.6) is 0 Å². The number of rotatable bonds is 4. The molecule has 3 nitrogen and oxygen atoms in total. The number of nitrogens with two attached hydrogens (primary N) is 1. The summed E-state index contributed by atoms with van der Waals surface area (Å²) in [6.07, 6.45) is 0.892. The van der Waals surface area contributed by atoms with Crippen LogP contribution in [0.25, 0.3) is 0 Å². The van der Waals surface area contributed by atoms with Crippen LogP contribution in [0.15, 0.2) is 24.3 Å². The van der Waals surface area contributed by atoms with Crippen molar-refractivity contribution >= 4 is 11.6 Å². The molecule has 0 fully saturated rings. The summed E-state index contributed by atoms with van der Waals surface area (Å²) in [6, 6.07) is 7.86. The highest BCUT2D eigenvalue weighted by atomic mass is 16.2.